The summed E-state index contributed by atoms with van der Waals surface area (Å²) in [5, 5.41) is 8.04. The molecular formula is C24H25ClN4O3. The average molecular weight is 453 g/mol. The maximum atomic E-state index is 12.5. The molecule has 7 nitrogen and oxygen atoms in total. The Morgan fingerprint density at radius 3 is 2.69 bits per heavy atom. The van der Waals surface area contributed by atoms with Crippen molar-refractivity contribution in [3.8, 4) is 11.3 Å². The van der Waals surface area contributed by atoms with Gasteiger partial charge in [-0.25, -0.2) is 0 Å². The van der Waals surface area contributed by atoms with Gasteiger partial charge in [0.2, 0.25) is 0 Å². The lowest BCUT2D eigenvalue weighted by Gasteiger charge is -2.12. The Hall–Kier alpha value is -3.42. The fraction of sp³-hybridized carbons (Fsp3) is 0.208. The molecule has 0 spiro atoms. The van der Waals surface area contributed by atoms with Gasteiger partial charge >= 0.3 is 0 Å². The fourth-order valence-corrected chi connectivity index (χ4v) is 3.65. The summed E-state index contributed by atoms with van der Waals surface area (Å²) in [4.78, 5) is 16.8. The van der Waals surface area contributed by atoms with Crippen molar-refractivity contribution < 1.29 is 14.1 Å². The van der Waals surface area contributed by atoms with Crippen LogP contribution in [0.15, 0.2) is 65.3 Å². The number of aromatic nitrogens is 2. The first-order chi connectivity index (χ1) is 15.2. The fourth-order valence-electron chi connectivity index (χ4n) is 3.65. The normalized spacial score (nSPS) is 10.7. The molecule has 0 fully saturated rings. The number of fused-ring (bicyclic) bond motifs is 1. The summed E-state index contributed by atoms with van der Waals surface area (Å²) in [7, 11) is 1.60. The van der Waals surface area contributed by atoms with Gasteiger partial charge in [0.15, 0.2) is 5.58 Å². The molecule has 0 bridgehead atoms. The predicted molar refractivity (Wildman–Crippen MR) is 127 cm³/mol. The zero-order valence-corrected chi connectivity index (χ0v) is 18.5. The summed E-state index contributed by atoms with van der Waals surface area (Å²) in [6.45, 7) is 0.885. The van der Waals surface area contributed by atoms with Crippen LogP contribution in [0.5, 0.6) is 0 Å². The molecule has 3 N–H and O–H groups in total. The quantitative estimate of drug-likeness (QED) is 0.308. The Morgan fingerprint density at radius 1 is 1.06 bits per heavy atom. The van der Waals surface area contributed by atoms with E-state index in [0.29, 0.717) is 43.0 Å². The number of benzene rings is 2. The minimum Gasteiger partial charge on any atom is -0.398 e. The number of carbonyl (C=O) groups is 1. The second-order valence-electron chi connectivity index (χ2n) is 7.17. The lowest BCUT2D eigenvalue weighted by Crippen LogP contribution is -2.28. The molecule has 166 valence electrons. The van der Waals surface area contributed by atoms with Gasteiger partial charge in [-0.15, -0.1) is 12.4 Å². The van der Waals surface area contributed by atoms with E-state index in [2.05, 4.69) is 15.5 Å². The van der Waals surface area contributed by atoms with E-state index in [4.69, 9.17) is 15.0 Å². The Bertz CT molecular complexity index is 1210. The Kier molecular flexibility index (Phi) is 7.81. The number of nitrogen functional groups attached to an aromatic ring is 1. The third-order valence-electron chi connectivity index (χ3n) is 5.16. The summed E-state index contributed by atoms with van der Waals surface area (Å²) in [6, 6.07) is 17.3. The molecule has 0 aliphatic heterocycles. The molecule has 0 saturated heterocycles. The zero-order chi connectivity index (χ0) is 21.6. The van der Waals surface area contributed by atoms with Gasteiger partial charge in [-0.3, -0.25) is 9.78 Å². The minimum absolute atomic E-state index is 0. The highest BCUT2D eigenvalue weighted by Gasteiger charge is 2.18. The van der Waals surface area contributed by atoms with Crippen LogP contribution in [0.2, 0.25) is 0 Å². The molecule has 0 aliphatic carbocycles. The third-order valence-corrected chi connectivity index (χ3v) is 5.16. The molecule has 2 aromatic heterocycles. The van der Waals surface area contributed by atoms with Gasteiger partial charge in [-0.1, -0.05) is 35.5 Å². The van der Waals surface area contributed by atoms with Crippen LogP contribution in [-0.2, 0) is 17.6 Å². The number of nitrogens with one attached hydrogen (secondary N) is 1. The van der Waals surface area contributed by atoms with E-state index in [9.17, 15) is 4.79 Å². The molecular weight excluding hydrogens is 428 g/mol. The topological polar surface area (TPSA) is 103 Å². The Labute approximate surface area is 192 Å². The summed E-state index contributed by atoms with van der Waals surface area (Å²) >= 11 is 0. The van der Waals surface area contributed by atoms with Crippen LogP contribution >= 0.6 is 12.4 Å². The van der Waals surface area contributed by atoms with Crippen LogP contribution in [0.25, 0.3) is 22.2 Å². The highest BCUT2D eigenvalue weighted by Crippen LogP contribution is 2.35. The van der Waals surface area contributed by atoms with E-state index in [1.54, 1.807) is 13.3 Å². The van der Waals surface area contributed by atoms with Gasteiger partial charge in [-0.05, 0) is 48.2 Å². The molecule has 4 rings (SSSR count). The standard InChI is InChI=1S/C24H24N4O3.ClH/c1-30-15-14-27-24(29)22-17(7-5-13-26-22)12-11-16-6-4-9-19(25)21(16)23-18-8-2-3-10-20(18)31-28-23;/h2-10,13H,11-12,14-15,25H2,1H3,(H,27,29);1H. The van der Waals surface area contributed by atoms with Gasteiger partial charge in [0.05, 0.1) is 6.61 Å². The highest BCUT2D eigenvalue weighted by atomic mass is 35.5. The van der Waals surface area contributed by atoms with E-state index >= 15 is 0 Å². The molecule has 0 atom stereocenters. The van der Waals surface area contributed by atoms with Gasteiger partial charge in [0, 0.05) is 36.5 Å². The average Bonchev–Trinajstić information content (AvgIpc) is 3.22. The van der Waals surface area contributed by atoms with Crippen LogP contribution in [0.3, 0.4) is 0 Å². The summed E-state index contributed by atoms with van der Waals surface area (Å²) in [6.07, 6.45) is 2.93. The van der Waals surface area contributed by atoms with Crippen LogP contribution in [0, 0.1) is 0 Å². The highest BCUT2D eigenvalue weighted by molar-refractivity contribution is 5.96. The first-order valence-corrected chi connectivity index (χ1v) is 10.1. The summed E-state index contributed by atoms with van der Waals surface area (Å²) < 4.78 is 10.5. The van der Waals surface area contributed by atoms with E-state index in [0.717, 1.165) is 27.8 Å². The molecule has 0 saturated carbocycles. The molecule has 0 unspecified atom stereocenters. The number of para-hydroxylation sites is 1. The number of hydrogen-bond acceptors (Lipinski definition) is 6. The number of methoxy groups -OCH3 is 1. The second-order valence-corrected chi connectivity index (χ2v) is 7.17. The van der Waals surface area contributed by atoms with Crippen molar-refractivity contribution in [3.05, 3.63) is 77.6 Å². The molecule has 4 aromatic rings. The number of aryl methyl sites for hydroxylation is 2. The van der Waals surface area contributed by atoms with Crippen molar-refractivity contribution in [2.75, 3.05) is 26.0 Å². The van der Waals surface area contributed by atoms with E-state index in [1.807, 2.05) is 54.6 Å². The van der Waals surface area contributed by atoms with Crippen LogP contribution in [0.1, 0.15) is 21.6 Å². The number of hydrogen-bond donors (Lipinski definition) is 2. The first kappa shape index (κ1) is 23.2. The van der Waals surface area contributed by atoms with Crippen molar-refractivity contribution >= 4 is 35.0 Å². The molecule has 2 heterocycles. The number of anilines is 1. The van der Waals surface area contributed by atoms with Crippen LogP contribution in [-0.4, -0.2) is 36.3 Å². The number of carbonyl (C=O) groups excluding carboxylic acids is 1. The lowest BCUT2D eigenvalue weighted by molar-refractivity contribution is 0.0931. The smallest absolute Gasteiger partial charge is 0.270 e. The zero-order valence-electron chi connectivity index (χ0n) is 17.7. The second kappa shape index (κ2) is 10.7. The number of pyridine rings is 1. The molecule has 0 aliphatic rings. The minimum atomic E-state index is -0.206. The van der Waals surface area contributed by atoms with Crippen molar-refractivity contribution in [1.29, 1.82) is 0 Å². The maximum absolute atomic E-state index is 12.5. The van der Waals surface area contributed by atoms with Crippen molar-refractivity contribution in [2.45, 2.75) is 12.8 Å². The molecule has 32 heavy (non-hydrogen) atoms. The van der Waals surface area contributed by atoms with Crippen molar-refractivity contribution in [3.63, 3.8) is 0 Å². The number of ether oxygens (including phenoxy) is 1. The molecule has 1 amide bonds. The van der Waals surface area contributed by atoms with E-state index < -0.39 is 0 Å². The predicted octanol–water partition coefficient (Wildman–Crippen LogP) is 4.06. The number of rotatable bonds is 8. The Balaban J connectivity index is 0.00000289. The molecule has 0 radical (unpaired) electrons. The van der Waals surface area contributed by atoms with Crippen molar-refractivity contribution in [1.82, 2.24) is 15.5 Å². The monoisotopic (exact) mass is 452 g/mol. The van der Waals surface area contributed by atoms with E-state index in [-0.39, 0.29) is 18.3 Å². The van der Waals surface area contributed by atoms with Crippen molar-refractivity contribution in [2.24, 2.45) is 0 Å². The van der Waals surface area contributed by atoms with Gasteiger partial charge in [0.1, 0.15) is 11.4 Å². The maximum Gasteiger partial charge on any atom is 0.270 e. The largest absolute Gasteiger partial charge is 0.398 e. The van der Waals surface area contributed by atoms with Gasteiger partial charge in [0.25, 0.3) is 5.91 Å². The number of amides is 1. The number of halogens is 1. The van der Waals surface area contributed by atoms with Crippen LogP contribution in [0.4, 0.5) is 5.69 Å². The number of nitrogens with zero attached hydrogens (tertiary/aromatic N) is 2. The Morgan fingerprint density at radius 2 is 1.84 bits per heavy atom. The summed E-state index contributed by atoms with van der Waals surface area (Å²) in [5.74, 6) is -0.206. The summed E-state index contributed by atoms with van der Waals surface area (Å²) in [5.41, 5.74) is 11.6. The molecule has 2 aromatic carbocycles. The van der Waals surface area contributed by atoms with Crippen LogP contribution < -0.4 is 11.1 Å². The van der Waals surface area contributed by atoms with Gasteiger partial charge in [-0.2, -0.15) is 0 Å². The molecule has 8 heteroatoms. The lowest BCUT2D eigenvalue weighted by atomic mass is 9.94. The SMILES string of the molecule is COCCNC(=O)c1ncccc1CCc1cccc(N)c1-c1noc2ccccc12.Cl. The van der Waals surface area contributed by atoms with Gasteiger partial charge < -0.3 is 20.3 Å². The van der Waals surface area contributed by atoms with E-state index in [1.165, 1.54) is 0 Å². The third kappa shape index (κ3) is 4.90. The first-order valence-electron chi connectivity index (χ1n) is 10.1. The number of nitrogens with two attached hydrogens (primary N) is 1.